The van der Waals surface area contributed by atoms with Gasteiger partial charge in [0.05, 0.1) is 17.6 Å². The third-order valence-electron chi connectivity index (χ3n) is 7.18. The van der Waals surface area contributed by atoms with E-state index < -0.39 is 60.3 Å². The van der Waals surface area contributed by atoms with Gasteiger partial charge in [0.15, 0.2) is 18.0 Å². The van der Waals surface area contributed by atoms with E-state index in [4.69, 9.17) is 37.1 Å². The molecule has 0 aliphatic carbocycles. The molecule has 0 amide bonds. The van der Waals surface area contributed by atoms with E-state index in [9.17, 15) is 14.4 Å². The monoisotopic (exact) mass is 562 g/mol. The maximum Gasteiger partial charge on any atom is 0.323 e. The number of nitrogens with one attached hydrogen (secondary N) is 2. The van der Waals surface area contributed by atoms with Crippen molar-refractivity contribution in [1.82, 2.24) is 20.3 Å². The molecule has 0 aromatic carbocycles. The summed E-state index contributed by atoms with van der Waals surface area (Å²) < 4.78 is 17.3. The van der Waals surface area contributed by atoms with E-state index in [1.165, 1.54) is 6.33 Å². The number of ether oxygens (including phenoxy) is 3. The summed E-state index contributed by atoms with van der Waals surface area (Å²) in [5, 5.41) is 3.30. The van der Waals surface area contributed by atoms with Crippen LogP contribution in [-0.2, 0) is 28.6 Å². The van der Waals surface area contributed by atoms with Gasteiger partial charge < -0.3 is 42.1 Å². The molecule has 2 aromatic heterocycles. The number of anilines is 1. The molecule has 3 rings (SSSR count). The second kappa shape index (κ2) is 12.9. The first-order chi connectivity index (χ1) is 18.7. The van der Waals surface area contributed by atoms with Crippen LogP contribution in [0.4, 0.5) is 5.82 Å². The SMILES string of the molecule is CC(C)[C@H](N)C(=O)OC[C@H]1N[C@@H](c2c[nH]c3c(N)ncnc23)[C@H](OC(=O)[C@@H](N)C(C)C)[C@@H]1OC(=O)[C@@H](N)C(C)C. The fourth-order valence-corrected chi connectivity index (χ4v) is 4.26. The van der Waals surface area contributed by atoms with Crippen molar-refractivity contribution in [3.8, 4) is 0 Å². The second-order valence-electron chi connectivity index (χ2n) is 11.2. The van der Waals surface area contributed by atoms with Gasteiger partial charge in [-0.15, -0.1) is 0 Å². The van der Waals surface area contributed by atoms with Gasteiger partial charge in [-0.25, -0.2) is 9.97 Å². The van der Waals surface area contributed by atoms with Crippen LogP contribution in [0.25, 0.3) is 11.0 Å². The third-order valence-corrected chi connectivity index (χ3v) is 7.18. The van der Waals surface area contributed by atoms with Gasteiger partial charge in [0.2, 0.25) is 0 Å². The normalized spacial score (nSPS) is 23.4. The maximum absolute atomic E-state index is 13.1. The molecule has 40 heavy (non-hydrogen) atoms. The van der Waals surface area contributed by atoms with Crippen molar-refractivity contribution in [2.45, 2.75) is 84.0 Å². The zero-order valence-electron chi connectivity index (χ0n) is 23.8. The lowest BCUT2D eigenvalue weighted by Crippen LogP contribution is -2.48. The number of nitrogen functional groups attached to an aromatic ring is 1. The third kappa shape index (κ3) is 6.69. The van der Waals surface area contributed by atoms with E-state index >= 15 is 0 Å². The maximum atomic E-state index is 13.1. The topological polar surface area (TPSA) is 237 Å². The Morgan fingerprint density at radius 2 is 1.38 bits per heavy atom. The Morgan fingerprint density at radius 3 is 1.93 bits per heavy atom. The standard InChI is InChI=1S/C26H42N8O6/c1-10(2)15(27)24(35)38-8-14-21(39-25(36)16(28)11(3)4)22(40-26(37)17(29)12(5)6)19(34-14)13-7-31-20-18(13)32-9-33-23(20)30/h7,9-12,14-17,19,21-22,31,34H,8,27-29H2,1-6H3,(H2,30,32,33)/t14-,15+,16+,17+,19+,21-,22+/m1/s1. The number of esters is 3. The molecular formula is C26H42N8O6. The van der Waals surface area contributed by atoms with E-state index in [0.29, 0.717) is 16.6 Å². The summed E-state index contributed by atoms with van der Waals surface area (Å²) in [6.45, 7) is 10.5. The van der Waals surface area contributed by atoms with Crippen LogP contribution in [0.15, 0.2) is 12.5 Å². The predicted octanol–water partition coefficient (Wildman–Crippen LogP) is -0.130. The van der Waals surface area contributed by atoms with Crippen LogP contribution in [0.1, 0.15) is 53.1 Å². The predicted molar refractivity (Wildman–Crippen MR) is 147 cm³/mol. The number of aromatic nitrogens is 3. The average molecular weight is 563 g/mol. The molecule has 0 saturated carbocycles. The molecule has 222 valence electrons. The summed E-state index contributed by atoms with van der Waals surface area (Å²) in [5.74, 6) is -2.37. The molecule has 3 heterocycles. The van der Waals surface area contributed by atoms with Crippen LogP contribution in [0.2, 0.25) is 0 Å². The summed E-state index contributed by atoms with van der Waals surface area (Å²) in [4.78, 5) is 50.1. The highest BCUT2D eigenvalue weighted by molar-refractivity contribution is 5.87. The zero-order chi connectivity index (χ0) is 29.9. The summed E-state index contributed by atoms with van der Waals surface area (Å²) in [6.07, 6.45) is 0.778. The van der Waals surface area contributed by atoms with Crippen molar-refractivity contribution in [2.75, 3.05) is 12.3 Å². The highest BCUT2D eigenvalue weighted by atomic mass is 16.6. The van der Waals surface area contributed by atoms with Gasteiger partial charge in [0.25, 0.3) is 0 Å². The van der Waals surface area contributed by atoms with Gasteiger partial charge in [-0.2, -0.15) is 0 Å². The zero-order valence-corrected chi connectivity index (χ0v) is 23.8. The van der Waals surface area contributed by atoms with Crippen molar-refractivity contribution in [3.63, 3.8) is 0 Å². The highest BCUT2D eigenvalue weighted by Crippen LogP contribution is 2.36. The molecule has 2 aromatic rings. The molecular weight excluding hydrogens is 520 g/mol. The molecule has 1 fully saturated rings. The summed E-state index contributed by atoms with van der Waals surface area (Å²) in [7, 11) is 0. The number of fused-ring (bicyclic) bond motifs is 1. The lowest BCUT2D eigenvalue weighted by Gasteiger charge is -2.28. The van der Waals surface area contributed by atoms with Gasteiger partial charge in [-0.05, 0) is 17.8 Å². The Labute approximate surface area is 233 Å². The van der Waals surface area contributed by atoms with E-state index in [1.807, 2.05) is 0 Å². The molecule has 1 aliphatic rings. The Bertz CT molecular complexity index is 1200. The fourth-order valence-electron chi connectivity index (χ4n) is 4.26. The number of hydrogen-bond acceptors (Lipinski definition) is 13. The Hall–Kier alpha value is -3.33. The van der Waals surface area contributed by atoms with Gasteiger partial charge in [0.1, 0.15) is 36.6 Å². The lowest BCUT2D eigenvalue weighted by molar-refractivity contribution is -0.171. The van der Waals surface area contributed by atoms with Crippen molar-refractivity contribution >= 4 is 34.8 Å². The number of rotatable bonds is 11. The molecule has 0 bridgehead atoms. The fraction of sp³-hybridized carbons (Fsp3) is 0.654. The van der Waals surface area contributed by atoms with E-state index in [2.05, 4.69) is 20.3 Å². The van der Waals surface area contributed by atoms with Gasteiger partial charge >= 0.3 is 17.9 Å². The van der Waals surface area contributed by atoms with Gasteiger partial charge in [-0.1, -0.05) is 41.5 Å². The summed E-state index contributed by atoms with van der Waals surface area (Å²) in [5.41, 5.74) is 25.7. The van der Waals surface area contributed by atoms with Crippen LogP contribution in [0, 0.1) is 17.8 Å². The molecule has 0 unspecified atom stereocenters. The quantitative estimate of drug-likeness (QED) is 0.155. The molecule has 1 saturated heterocycles. The smallest absolute Gasteiger partial charge is 0.323 e. The molecule has 0 spiro atoms. The van der Waals surface area contributed by atoms with Gasteiger partial charge in [0, 0.05) is 11.8 Å². The van der Waals surface area contributed by atoms with Gasteiger partial charge in [-0.3, -0.25) is 19.7 Å². The minimum absolute atomic E-state index is 0.156. The van der Waals surface area contributed by atoms with Crippen LogP contribution >= 0.6 is 0 Å². The Balaban J connectivity index is 2.04. The molecule has 1 aliphatic heterocycles. The van der Waals surface area contributed by atoms with Crippen molar-refractivity contribution < 1.29 is 28.6 Å². The molecule has 14 nitrogen and oxygen atoms in total. The number of nitrogens with two attached hydrogens (primary N) is 4. The number of hydrogen-bond donors (Lipinski definition) is 6. The number of carbonyl (C=O) groups excluding carboxylic acids is 3. The first kappa shape index (κ1) is 31.2. The van der Waals surface area contributed by atoms with E-state index in [0.717, 1.165) is 0 Å². The van der Waals surface area contributed by atoms with Crippen LogP contribution < -0.4 is 28.3 Å². The minimum atomic E-state index is -1.10. The average Bonchev–Trinajstić information content (AvgIpc) is 3.47. The van der Waals surface area contributed by atoms with Crippen molar-refractivity contribution in [3.05, 3.63) is 18.1 Å². The lowest BCUT2D eigenvalue weighted by atomic mass is 10.0. The number of aromatic amines is 1. The molecule has 0 radical (unpaired) electrons. The van der Waals surface area contributed by atoms with E-state index in [-0.39, 0.29) is 30.2 Å². The first-order valence-corrected chi connectivity index (χ1v) is 13.4. The number of nitrogens with zero attached hydrogens (tertiary/aromatic N) is 2. The number of H-pyrrole nitrogens is 1. The van der Waals surface area contributed by atoms with Crippen LogP contribution in [0.5, 0.6) is 0 Å². The minimum Gasteiger partial charge on any atom is -0.463 e. The number of carbonyl (C=O) groups is 3. The largest absolute Gasteiger partial charge is 0.463 e. The summed E-state index contributed by atoms with van der Waals surface area (Å²) in [6, 6.07) is -4.28. The van der Waals surface area contributed by atoms with Crippen LogP contribution in [0.3, 0.4) is 0 Å². The molecule has 7 atom stereocenters. The Morgan fingerprint density at radius 1 is 0.850 bits per heavy atom. The highest BCUT2D eigenvalue weighted by Gasteiger charge is 2.51. The first-order valence-electron chi connectivity index (χ1n) is 13.4. The van der Waals surface area contributed by atoms with Crippen LogP contribution in [-0.4, -0.2) is 75.8 Å². The second-order valence-corrected chi connectivity index (χ2v) is 11.2. The summed E-state index contributed by atoms with van der Waals surface area (Å²) >= 11 is 0. The van der Waals surface area contributed by atoms with E-state index in [1.54, 1.807) is 47.7 Å². The van der Waals surface area contributed by atoms with Crippen molar-refractivity contribution in [2.24, 2.45) is 35.0 Å². The molecule has 14 heteroatoms. The van der Waals surface area contributed by atoms with Crippen molar-refractivity contribution in [1.29, 1.82) is 0 Å². The molecule has 10 N–H and O–H groups in total. The Kier molecular flexibility index (Phi) is 10.1.